The van der Waals surface area contributed by atoms with Gasteiger partial charge in [0.25, 0.3) is 0 Å². The minimum Gasteiger partial charge on any atom is -0.290 e. The zero-order valence-corrected chi connectivity index (χ0v) is 17.8. The SMILES string of the molecule is C=C(C)CN=C(C)C1CCC2C3CCC4CCCCC4(C)C3CCC12C. The van der Waals surface area contributed by atoms with Crippen LogP contribution in [0.1, 0.15) is 91.9 Å². The lowest BCUT2D eigenvalue weighted by Gasteiger charge is -2.60. The number of hydrogen-bond donors (Lipinski definition) is 0. The van der Waals surface area contributed by atoms with E-state index in [1.807, 2.05) is 0 Å². The summed E-state index contributed by atoms with van der Waals surface area (Å²) in [7, 11) is 0. The first-order valence-electron chi connectivity index (χ1n) is 11.5. The molecule has 0 aromatic heterocycles. The molecule has 146 valence electrons. The monoisotopic (exact) mass is 355 g/mol. The van der Waals surface area contributed by atoms with Crippen molar-refractivity contribution >= 4 is 5.71 Å². The van der Waals surface area contributed by atoms with E-state index in [2.05, 4.69) is 34.3 Å². The van der Waals surface area contributed by atoms with Crippen LogP contribution in [0.5, 0.6) is 0 Å². The van der Waals surface area contributed by atoms with Crippen LogP contribution in [0.25, 0.3) is 0 Å². The third kappa shape index (κ3) is 2.83. The first-order chi connectivity index (χ1) is 12.4. The topological polar surface area (TPSA) is 12.4 Å². The van der Waals surface area contributed by atoms with Crippen LogP contribution in [-0.4, -0.2) is 12.3 Å². The Kier molecular flexibility index (Phi) is 4.89. The first kappa shape index (κ1) is 18.8. The lowest BCUT2D eigenvalue weighted by molar-refractivity contribution is -0.106. The predicted molar refractivity (Wildman–Crippen MR) is 113 cm³/mol. The van der Waals surface area contributed by atoms with E-state index in [1.54, 1.807) is 0 Å². The van der Waals surface area contributed by atoms with Crippen molar-refractivity contribution in [1.82, 2.24) is 0 Å². The van der Waals surface area contributed by atoms with E-state index in [-0.39, 0.29) is 0 Å². The van der Waals surface area contributed by atoms with E-state index >= 15 is 0 Å². The molecule has 4 aliphatic rings. The van der Waals surface area contributed by atoms with Gasteiger partial charge in [0.2, 0.25) is 0 Å². The van der Waals surface area contributed by atoms with E-state index in [4.69, 9.17) is 4.99 Å². The maximum atomic E-state index is 4.94. The second-order valence-corrected chi connectivity index (χ2v) is 11.0. The van der Waals surface area contributed by atoms with Crippen molar-refractivity contribution in [2.75, 3.05) is 6.54 Å². The van der Waals surface area contributed by atoms with Crippen LogP contribution in [0.15, 0.2) is 17.1 Å². The molecule has 0 heterocycles. The second-order valence-electron chi connectivity index (χ2n) is 11.0. The molecule has 0 bridgehead atoms. The van der Waals surface area contributed by atoms with Gasteiger partial charge in [-0.05, 0) is 99.7 Å². The van der Waals surface area contributed by atoms with Gasteiger partial charge in [0.1, 0.15) is 0 Å². The Morgan fingerprint density at radius 1 is 0.885 bits per heavy atom. The molecule has 0 radical (unpaired) electrons. The maximum Gasteiger partial charge on any atom is 0.0593 e. The van der Waals surface area contributed by atoms with Gasteiger partial charge in [-0.1, -0.05) is 38.8 Å². The van der Waals surface area contributed by atoms with Crippen LogP contribution in [0.4, 0.5) is 0 Å². The van der Waals surface area contributed by atoms with Gasteiger partial charge in [-0.2, -0.15) is 0 Å². The molecule has 0 spiro atoms. The maximum absolute atomic E-state index is 4.94. The van der Waals surface area contributed by atoms with Crippen molar-refractivity contribution < 1.29 is 0 Å². The zero-order chi connectivity index (χ0) is 18.5. The molecule has 0 amide bonds. The zero-order valence-electron chi connectivity index (χ0n) is 17.8. The van der Waals surface area contributed by atoms with Gasteiger partial charge in [-0.15, -0.1) is 0 Å². The number of hydrogen-bond acceptors (Lipinski definition) is 1. The summed E-state index contributed by atoms with van der Waals surface area (Å²) in [5, 5.41) is 0. The molecule has 0 N–H and O–H groups in total. The van der Waals surface area contributed by atoms with Gasteiger partial charge < -0.3 is 0 Å². The molecular formula is C25H41N. The fourth-order valence-electron chi connectivity index (χ4n) is 8.35. The first-order valence-corrected chi connectivity index (χ1v) is 11.5. The van der Waals surface area contributed by atoms with Gasteiger partial charge in [0.15, 0.2) is 0 Å². The summed E-state index contributed by atoms with van der Waals surface area (Å²) in [6, 6.07) is 0. The average molecular weight is 356 g/mol. The Bertz CT molecular complexity index is 589. The normalized spacial score (nSPS) is 48.5. The minimum absolute atomic E-state index is 0.516. The fourth-order valence-corrected chi connectivity index (χ4v) is 8.35. The fraction of sp³-hybridized carbons (Fsp3) is 0.880. The molecule has 4 rings (SSSR count). The summed E-state index contributed by atoms with van der Waals surface area (Å²) in [5.41, 5.74) is 3.80. The highest BCUT2D eigenvalue weighted by Crippen LogP contribution is 2.67. The number of rotatable bonds is 3. The molecule has 4 aliphatic carbocycles. The smallest absolute Gasteiger partial charge is 0.0593 e. The third-order valence-electron chi connectivity index (χ3n) is 9.69. The van der Waals surface area contributed by atoms with E-state index in [0.717, 1.165) is 36.1 Å². The Hall–Kier alpha value is -0.590. The number of fused-ring (bicyclic) bond motifs is 5. The molecule has 26 heavy (non-hydrogen) atoms. The highest BCUT2D eigenvalue weighted by Gasteiger charge is 2.59. The number of aliphatic imine (C=N–C) groups is 1. The highest BCUT2D eigenvalue weighted by molar-refractivity contribution is 5.85. The van der Waals surface area contributed by atoms with Crippen molar-refractivity contribution in [3.05, 3.63) is 12.2 Å². The summed E-state index contributed by atoms with van der Waals surface area (Å²) in [6.07, 6.45) is 14.9. The van der Waals surface area contributed by atoms with Gasteiger partial charge in [-0.3, -0.25) is 4.99 Å². The Morgan fingerprint density at radius 2 is 1.65 bits per heavy atom. The van der Waals surface area contributed by atoms with Crippen LogP contribution in [0.2, 0.25) is 0 Å². The van der Waals surface area contributed by atoms with Crippen molar-refractivity contribution in [2.45, 2.75) is 91.9 Å². The lowest BCUT2D eigenvalue weighted by atomic mass is 9.45. The van der Waals surface area contributed by atoms with Gasteiger partial charge in [0, 0.05) is 11.6 Å². The summed E-state index contributed by atoms with van der Waals surface area (Å²) in [6.45, 7) is 14.6. The molecule has 0 aliphatic heterocycles. The molecule has 4 fully saturated rings. The predicted octanol–water partition coefficient (Wildman–Crippen LogP) is 7.07. The Morgan fingerprint density at radius 3 is 2.42 bits per heavy atom. The molecule has 0 saturated heterocycles. The van der Waals surface area contributed by atoms with E-state index in [0.29, 0.717) is 10.8 Å². The molecule has 4 saturated carbocycles. The second kappa shape index (κ2) is 6.78. The molecule has 0 aromatic rings. The third-order valence-corrected chi connectivity index (χ3v) is 9.69. The van der Waals surface area contributed by atoms with Crippen molar-refractivity contribution in [2.24, 2.45) is 45.4 Å². The van der Waals surface area contributed by atoms with Crippen LogP contribution in [-0.2, 0) is 0 Å². The Balaban J connectivity index is 1.56. The molecule has 1 heteroatoms. The molecule has 1 nitrogen and oxygen atoms in total. The minimum atomic E-state index is 0.516. The van der Waals surface area contributed by atoms with Crippen LogP contribution >= 0.6 is 0 Å². The van der Waals surface area contributed by atoms with Gasteiger partial charge in [0.05, 0.1) is 6.54 Å². The lowest BCUT2D eigenvalue weighted by Crippen LogP contribution is -2.53. The summed E-state index contributed by atoms with van der Waals surface area (Å²) < 4.78 is 0. The molecular weight excluding hydrogens is 314 g/mol. The largest absolute Gasteiger partial charge is 0.290 e. The Labute approximate surface area is 162 Å². The van der Waals surface area contributed by atoms with E-state index in [9.17, 15) is 0 Å². The van der Waals surface area contributed by atoms with Crippen LogP contribution < -0.4 is 0 Å². The van der Waals surface area contributed by atoms with E-state index in [1.165, 1.54) is 75.5 Å². The quantitative estimate of drug-likeness (QED) is 0.379. The standard InChI is InChI=1S/C25H41N/c1-17(2)16-26-18(3)21-11-12-22-20-10-9-19-8-6-7-14-24(19,4)23(20)13-15-25(21,22)5/h19-23H,1,6-16H2,2-5H3. The summed E-state index contributed by atoms with van der Waals surface area (Å²) in [5.74, 6) is 4.75. The summed E-state index contributed by atoms with van der Waals surface area (Å²) >= 11 is 0. The van der Waals surface area contributed by atoms with Crippen molar-refractivity contribution in [3.63, 3.8) is 0 Å². The molecule has 7 unspecified atom stereocenters. The molecule has 0 aromatic carbocycles. The molecule has 7 atom stereocenters. The highest BCUT2D eigenvalue weighted by atomic mass is 14.8. The van der Waals surface area contributed by atoms with Crippen LogP contribution in [0.3, 0.4) is 0 Å². The van der Waals surface area contributed by atoms with Gasteiger partial charge >= 0.3 is 0 Å². The van der Waals surface area contributed by atoms with Crippen LogP contribution in [0, 0.1) is 40.4 Å². The summed E-state index contributed by atoms with van der Waals surface area (Å²) in [4.78, 5) is 4.94. The van der Waals surface area contributed by atoms with E-state index < -0.39 is 0 Å². The average Bonchev–Trinajstić information content (AvgIpc) is 2.96. The number of nitrogens with zero attached hydrogens (tertiary/aromatic N) is 1. The van der Waals surface area contributed by atoms with Crippen molar-refractivity contribution in [3.8, 4) is 0 Å². The van der Waals surface area contributed by atoms with Gasteiger partial charge in [-0.25, -0.2) is 0 Å². The van der Waals surface area contributed by atoms with Crippen molar-refractivity contribution in [1.29, 1.82) is 0 Å².